The first kappa shape index (κ1) is 12.8. The number of hydrogen-bond donors (Lipinski definition) is 2. The van der Waals surface area contributed by atoms with Gasteiger partial charge in [0, 0.05) is 23.3 Å². The van der Waals surface area contributed by atoms with Gasteiger partial charge in [0.25, 0.3) is 0 Å². The molecule has 1 aromatic heterocycles. The van der Waals surface area contributed by atoms with Crippen LogP contribution in [-0.4, -0.2) is 19.4 Å². The Hall–Kier alpha value is -1.66. The van der Waals surface area contributed by atoms with E-state index in [-0.39, 0.29) is 10.9 Å². The smallest absolute Gasteiger partial charge is 0.242 e. The van der Waals surface area contributed by atoms with Crippen LogP contribution >= 0.6 is 0 Å². The molecule has 0 saturated carbocycles. The van der Waals surface area contributed by atoms with Crippen LogP contribution in [0.2, 0.25) is 0 Å². The van der Waals surface area contributed by atoms with Crippen molar-refractivity contribution in [3.05, 3.63) is 30.5 Å². The molecule has 1 heterocycles. The predicted molar refractivity (Wildman–Crippen MR) is 71.6 cm³/mol. The second-order valence-electron chi connectivity index (χ2n) is 4.33. The zero-order valence-electron chi connectivity index (χ0n) is 10.2. The Morgan fingerprint density at radius 3 is 2.67 bits per heavy atom. The first-order valence-corrected chi connectivity index (χ1v) is 7.05. The minimum Gasteiger partial charge on any atom is -0.398 e. The number of nitrogens with one attached hydrogen (secondary N) is 1. The molecule has 0 aliphatic rings. The second kappa shape index (κ2) is 4.55. The molecular formula is C12H15N3O2S. The van der Waals surface area contributed by atoms with E-state index in [1.54, 1.807) is 38.2 Å². The molecule has 0 fully saturated rings. The quantitative estimate of drug-likeness (QED) is 0.824. The number of nitrogens with zero attached hydrogens (tertiary/aromatic N) is 1. The number of nitrogens with two attached hydrogens (primary N) is 1. The first-order valence-electron chi connectivity index (χ1n) is 5.57. The summed E-state index contributed by atoms with van der Waals surface area (Å²) < 4.78 is 26.9. The van der Waals surface area contributed by atoms with Gasteiger partial charge in [-0.05, 0) is 38.1 Å². The fraction of sp³-hybridized carbons (Fsp3) is 0.250. The van der Waals surface area contributed by atoms with Crippen molar-refractivity contribution in [3.8, 4) is 0 Å². The van der Waals surface area contributed by atoms with Crippen LogP contribution in [0.1, 0.15) is 13.8 Å². The van der Waals surface area contributed by atoms with E-state index in [9.17, 15) is 8.42 Å². The maximum atomic E-state index is 12.2. The Bertz CT molecular complexity index is 681. The Labute approximate surface area is 106 Å². The number of hydrogen-bond acceptors (Lipinski definition) is 4. The lowest BCUT2D eigenvalue weighted by molar-refractivity contribution is 0.570. The Morgan fingerprint density at radius 1 is 1.28 bits per heavy atom. The molecule has 0 spiro atoms. The molecule has 0 amide bonds. The molecule has 96 valence electrons. The van der Waals surface area contributed by atoms with Crippen molar-refractivity contribution in [2.45, 2.75) is 24.8 Å². The molecule has 0 aliphatic heterocycles. The van der Waals surface area contributed by atoms with Gasteiger partial charge in [0.05, 0.1) is 5.52 Å². The molecule has 3 N–H and O–H groups in total. The number of sulfonamides is 1. The van der Waals surface area contributed by atoms with E-state index in [2.05, 4.69) is 9.71 Å². The Balaban J connectivity index is 2.70. The highest BCUT2D eigenvalue weighted by atomic mass is 32.2. The van der Waals surface area contributed by atoms with E-state index in [4.69, 9.17) is 5.73 Å². The van der Waals surface area contributed by atoms with Gasteiger partial charge in [-0.1, -0.05) is 0 Å². The minimum absolute atomic E-state index is 0.154. The number of fused-ring (bicyclic) bond motifs is 1. The van der Waals surface area contributed by atoms with Gasteiger partial charge >= 0.3 is 0 Å². The van der Waals surface area contributed by atoms with Crippen LogP contribution in [0.15, 0.2) is 35.4 Å². The SMILES string of the molecule is CC(C)NS(=O)(=O)c1ccc(N)c2cccnc12. The molecule has 5 nitrogen and oxygen atoms in total. The molecule has 0 bridgehead atoms. The van der Waals surface area contributed by atoms with Gasteiger partial charge in [-0.15, -0.1) is 0 Å². The summed E-state index contributed by atoms with van der Waals surface area (Å²) in [4.78, 5) is 4.27. The van der Waals surface area contributed by atoms with Gasteiger partial charge in [-0.3, -0.25) is 4.98 Å². The highest BCUT2D eigenvalue weighted by molar-refractivity contribution is 7.89. The van der Waals surface area contributed by atoms with Gasteiger partial charge in [-0.25, -0.2) is 13.1 Å². The van der Waals surface area contributed by atoms with Crippen LogP contribution in [0.25, 0.3) is 10.9 Å². The van der Waals surface area contributed by atoms with Crippen LogP contribution in [0, 0.1) is 0 Å². The molecule has 0 aliphatic carbocycles. The summed E-state index contributed by atoms with van der Waals surface area (Å²) in [6.45, 7) is 3.54. The van der Waals surface area contributed by atoms with Gasteiger partial charge in [-0.2, -0.15) is 0 Å². The molecular weight excluding hydrogens is 250 g/mol. The van der Waals surface area contributed by atoms with Gasteiger partial charge in [0.1, 0.15) is 4.90 Å². The molecule has 0 unspecified atom stereocenters. The van der Waals surface area contributed by atoms with Gasteiger partial charge in [0.15, 0.2) is 0 Å². The monoisotopic (exact) mass is 265 g/mol. The van der Waals surface area contributed by atoms with Crippen molar-refractivity contribution >= 4 is 26.6 Å². The van der Waals surface area contributed by atoms with E-state index in [1.807, 2.05) is 0 Å². The van der Waals surface area contributed by atoms with E-state index in [0.29, 0.717) is 16.6 Å². The number of anilines is 1. The van der Waals surface area contributed by atoms with Gasteiger partial charge < -0.3 is 5.73 Å². The number of pyridine rings is 1. The summed E-state index contributed by atoms with van der Waals surface area (Å²) in [6.07, 6.45) is 1.55. The van der Waals surface area contributed by atoms with Crippen LogP contribution in [-0.2, 0) is 10.0 Å². The van der Waals surface area contributed by atoms with Crippen molar-refractivity contribution in [3.63, 3.8) is 0 Å². The van der Waals surface area contributed by atoms with Crippen LogP contribution < -0.4 is 10.5 Å². The summed E-state index contributed by atoms with van der Waals surface area (Å²) in [5.41, 5.74) is 6.72. The number of aromatic nitrogens is 1. The lowest BCUT2D eigenvalue weighted by Gasteiger charge is -2.12. The van der Waals surface area contributed by atoms with Crippen LogP contribution in [0.3, 0.4) is 0 Å². The average molecular weight is 265 g/mol. The summed E-state index contributed by atoms with van der Waals surface area (Å²) in [6, 6.07) is 6.37. The fourth-order valence-electron chi connectivity index (χ4n) is 1.76. The summed E-state index contributed by atoms with van der Waals surface area (Å²) in [5.74, 6) is 0. The van der Waals surface area contributed by atoms with Gasteiger partial charge in [0.2, 0.25) is 10.0 Å². The first-order chi connectivity index (χ1) is 8.42. The van der Waals surface area contributed by atoms with Crippen molar-refractivity contribution < 1.29 is 8.42 Å². The zero-order valence-corrected chi connectivity index (χ0v) is 11.0. The van der Waals surface area contributed by atoms with E-state index < -0.39 is 10.0 Å². The largest absolute Gasteiger partial charge is 0.398 e. The highest BCUT2D eigenvalue weighted by Crippen LogP contribution is 2.25. The van der Waals surface area contributed by atoms with Crippen molar-refractivity contribution in [1.29, 1.82) is 0 Å². The Kier molecular flexibility index (Phi) is 3.23. The molecule has 0 saturated heterocycles. The number of benzene rings is 1. The number of nitrogen functional groups attached to an aromatic ring is 1. The van der Waals surface area contributed by atoms with E-state index in [0.717, 1.165) is 0 Å². The van der Waals surface area contributed by atoms with E-state index in [1.165, 1.54) is 6.07 Å². The lowest BCUT2D eigenvalue weighted by Crippen LogP contribution is -2.30. The third-order valence-corrected chi connectivity index (χ3v) is 4.14. The zero-order chi connectivity index (χ0) is 13.3. The highest BCUT2D eigenvalue weighted by Gasteiger charge is 2.19. The van der Waals surface area contributed by atoms with Crippen molar-refractivity contribution in [2.24, 2.45) is 0 Å². The number of rotatable bonds is 3. The van der Waals surface area contributed by atoms with Crippen molar-refractivity contribution in [2.75, 3.05) is 5.73 Å². The second-order valence-corrected chi connectivity index (χ2v) is 6.01. The topological polar surface area (TPSA) is 85.1 Å². The molecule has 1 aromatic carbocycles. The fourth-order valence-corrected chi connectivity index (χ4v) is 3.17. The molecule has 18 heavy (non-hydrogen) atoms. The predicted octanol–water partition coefficient (Wildman–Crippen LogP) is 1.50. The summed E-state index contributed by atoms with van der Waals surface area (Å²) in [5, 5.41) is 0.643. The normalized spacial score (nSPS) is 12.2. The molecule has 0 atom stereocenters. The molecule has 2 rings (SSSR count). The molecule has 6 heteroatoms. The minimum atomic E-state index is -3.57. The van der Waals surface area contributed by atoms with E-state index >= 15 is 0 Å². The van der Waals surface area contributed by atoms with Crippen LogP contribution in [0.5, 0.6) is 0 Å². The third kappa shape index (κ3) is 2.30. The maximum absolute atomic E-state index is 12.2. The average Bonchev–Trinajstić information content (AvgIpc) is 2.27. The molecule has 2 aromatic rings. The Morgan fingerprint density at radius 2 is 2.00 bits per heavy atom. The molecule has 0 radical (unpaired) electrons. The standard InChI is InChI=1S/C12H15N3O2S/c1-8(2)15-18(16,17)11-6-5-10(13)9-4-3-7-14-12(9)11/h3-8,15H,13H2,1-2H3. The van der Waals surface area contributed by atoms with Crippen molar-refractivity contribution in [1.82, 2.24) is 9.71 Å². The van der Waals surface area contributed by atoms with Crippen LogP contribution in [0.4, 0.5) is 5.69 Å². The maximum Gasteiger partial charge on any atom is 0.242 e. The summed E-state index contributed by atoms with van der Waals surface area (Å²) in [7, 11) is -3.57. The third-order valence-electron chi connectivity index (χ3n) is 2.45. The summed E-state index contributed by atoms with van der Waals surface area (Å²) >= 11 is 0. The lowest BCUT2D eigenvalue weighted by atomic mass is 10.2.